The molecular weight excluding hydrogens is 302 g/mol. The summed E-state index contributed by atoms with van der Waals surface area (Å²) in [5.74, 6) is 0. The van der Waals surface area contributed by atoms with Crippen LogP contribution in [0.15, 0.2) is 12.1 Å². The highest BCUT2D eigenvalue weighted by Crippen LogP contribution is 2.14. The molecule has 25 heavy (non-hydrogen) atoms. The molecule has 1 aromatic rings. The average molecular weight is 346 g/mol. The molecule has 1 nitrogen and oxygen atoms in total. The summed E-state index contributed by atoms with van der Waals surface area (Å²) in [6.45, 7) is 6.80. The van der Waals surface area contributed by atoms with Crippen LogP contribution in [0.4, 0.5) is 0 Å². The Labute approximate surface area is 158 Å². The summed E-state index contributed by atoms with van der Waals surface area (Å²) in [7, 11) is 0. The summed E-state index contributed by atoms with van der Waals surface area (Å²) in [6, 6.07) is 4.59. The molecule has 0 fully saturated rings. The highest BCUT2D eigenvalue weighted by molar-refractivity contribution is 5.20. The normalized spacial score (nSPS) is 11.2. The summed E-state index contributed by atoms with van der Waals surface area (Å²) < 4.78 is 0. The fourth-order valence-electron chi connectivity index (χ4n) is 3.60. The van der Waals surface area contributed by atoms with Crippen LogP contribution in [0.5, 0.6) is 0 Å². The molecule has 0 bridgehead atoms. The molecule has 0 aliphatic rings. The predicted octanol–water partition coefficient (Wildman–Crippen LogP) is 7.98. The van der Waals surface area contributed by atoms with Crippen LogP contribution in [0.1, 0.15) is 121 Å². The van der Waals surface area contributed by atoms with Crippen LogP contribution in [0.3, 0.4) is 0 Å². The van der Waals surface area contributed by atoms with Crippen LogP contribution in [0, 0.1) is 6.92 Å². The molecule has 0 atom stereocenters. The zero-order valence-corrected chi connectivity index (χ0v) is 17.4. The SMILES string of the molecule is CCCCCCCCCc1cc(C)cc(CCCCCCCCC)n1. The van der Waals surface area contributed by atoms with Crippen molar-refractivity contribution in [2.45, 2.75) is 124 Å². The molecule has 0 aromatic carbocycles. The van der Waals surface area contributed by atoms with Crippen molar-refractivity contribution in [1.82, 2.24) is 4.98 Å². The largest absolute Gasteiger partial charge is 0.258 e. The first-order valence-electron chi connectivity index (χ1n) is 11.2. The van der Waals surface area contributed by atoms with Gasteiger partial charge in [0.2, 0.25) is 0 Å². The summed E-state index contributed by atoms with van der Waals surface area (Å²) in [5, 5.41) is 0. The van der Waals surface area contributed by atoms with Crippen molar-refractivity contribution in [3.63, 3.8) is 0 Å². The van der Waals surface area contributed by atoms with Crippen molar-refractivity contribution >= 4 is 0 Å². The number of pyridine rings is 1. The number of nitrogens with zero attached hydrogens (tertiary/aromatic N) is 1. The van der Waals surface area contributed by atoms with E-state index in [0.29, 0.717) is 0 Å². The lowest BCUT2D eigenvalue weighted by Gasteiger charge is -2.07. The van der Waals surface area contributed by atoms with Gasteiger partial charge in [0, 0.05) is 11.4 Å². The number of rotatable bonds is 16. The molecule has 0 spiro atoms. The van der Waals surface area contributed by atoms with E-state index >= 15 is 0 Å². The van der Waals surface area contributed by atoms with Gasteiger partial charge in [0.15, 0.2) is 0 Å². The summed E-state index contributed by atoms with van der Waals surface area (Å²) in [6.07, 6.45) is 21.6. The van der Waals surface area contributed by atoms with Gasteiger partial charge in [-0.05, 0) is 50.3 Å². The van der Waals surface area contributed by atoms with Crippen LogP contribution >= 0.6 is 0 Å². The van der Waals surface area contributed by atoms with E-state index in [9.17, 15) is 0 Å². The fourth-order valence-corrected chi connectivity index (χ4v) is 3.60. The maximum absolute atomic E-state index is 4.93. The van der Waals surface area contributed by atoms with Gasteiger partial charge in [-0.3, -0.25) is 4.98 Å². The molecule has 144 valence electrons. The van der Waals surface area contributed by atoms with E-state index in [1.54, 1.807) is 0 Å². The van der Waals surface area contributed by atoms with Gasteiger partial charge in [-0.1, -0.05) is 90.9 Å². The first-order chi connectivity index (χ1) is 12.3. The maximum atomic E-state index is 4.93. The molecular formula is C24H43N. The Morgan fingerprint density at radius 2 is 0.920 bits per heavy atom. The minimum absolute atomic E-state index is 1.17. The number of unbranched alkanes of at least 4 members (excludes halogenated alkanes) is 12. The molecule has 0 unspecified atom stereocenters. The van der Waals surface area contributed by atoms with Crippen molar-refractivity contribution in [3.05, 3.63) is 29.1 Å². The van der Waals surface area contributed by atoms with E-state index in [4.69, 9.17) is 4.98 Å². The molecule has 1 aromatic heterocycles. The van der Waals surface area contributed by atoms with Crippen molar-refractivity contribution in [2.75, 3.05) is 0 Å². The maximum Gasteiger partial charge on any atom is 0.0409 e. The zero-order valence-electron chi connectivity index (χ0n) is 17.4. The molecule has 0 aliphatic carbocycles. The van der Waals surface area contributed by atoms with Gasteiger partial charge in [0.25, 0.3) is 0 Å². The molecule has 1 heterocycles. The van der Waals surface area contributed by atoms with E-state index in [2.05, 4.69) is 32.9 Å². The smallest absolute Gasteiger partial charge is 0.0409 e. The predicted molar refractivity (Wildman–Crippen MR) is 112 cm³/mol. The minimum atomic E-state index is 1.17. The lowest BCUT2D eigenvalue weighted by molar-refractivity contribution is 0.582. The van der Waals surface area contributed by atoms with E-state index in [1.807, 2.05) is 0 Å². The van der Waals surface area contributed by atoms with Gasteiger partial charge in [0.1, 0.15) is 0 Å². The number of hydrogen-bond acceptors (Lipinski definition) is 1. The lowest BCUT2D eigenvalue weighted by atomic mass is 10.0. The molecule has 0 saturated heterocycles. The number of hydrogen-bond donors (Lipinski definition) is 0. The minimum Gasteiger partial charge on any atom is -0.258 e. The highest BCUT2D eigenvalue weighted by atomic mass is 14.7. The van der Waals surface area contributed by atoms with Crippen LogP contribution in [0.2, 0.25) is 0 Å². The second-order valence-electron chi connectivity index (χ2n) is 7.87. The van der Waals surface area contributed by atoms with Crippen molar-refractivity contribution in [3.8, 4) is 0 Å². The molecule has 1 heteroatoms. The molecule has 0 N–H and O–H groups in total. The van der Waals surface area contributed by atoms with E-state index in [0.717, 1.165) is 0 Å². The first kappa shape index (κ1) is 22.2. The molecule has 0 radical (unpaired) electrons. The average Bonchev–Trinajstić information content (AvgIpc) is 2.60. The Kier molecular flexibility index (Phi) is 13.7. The third kappa shape index (κ3) is 12.2. The summed E-state index contributed by atoms with van der Waals surface area (Å²) >= 11 is 0. The molecule has 1 rings (SSSR count). The lowest BCUT2D eigenvalue weighted by Crippen LogP contribution is -1.98. The number of aromatic nitrogens is 1. The zero-order chi connectivity index (χ0) is 18.2. The standard InChI is InChI=1S/C24H43N/c1-4-6-8-10-12-14-16-18-23-20-22(3)21-24(25-23)19-17-15-13-11-9-7-5-2/h20-21H,4-19H2,1-3H3. The van der Waals surface area contributed by atoms with Crippen LogP contribution in [-0.4, -0.2) is 4.98 Å². The van der Waals surface area contributed by atoms with Gasteiger partial charge in [-0.15, -0.1) is 0 Å². The Balaban J connectivity index is 2.19. The topological polar surface area (TPSA) is 12.9 Å². The third-order valence-corrected chi connectivity index (χ3v) is 5.15. The van der Waals surface area contributed by atoms with Crippen LogP contribution in [-0.2, 0) is 12.8 Å². The Hall–Kier alpha value is -0.850. The number of aryl methyl sites for hydroxylation is 3. The Morgan fingerprint density at radius 3 is 1.32 bits per heavy atom. The summed E-state index contributed by atoms with van der Waals surface area (Å²) in [5.41, 5.74) is 4.05. The van der Waals surface area contributed by atoms with Gasteiger partial charge in [-0.2, -0.15) is 0 Å². The Bertz CT molecular complexity index is 388. The van der Waals surface area contributed by atoms with E-state index < -0.39 is 0 Å². The van der Waals surface area contributed by atoms with Gasteiger partial charge in [-0.25, -0.2) is 0 Å². The second-order valence-corrected chi connectivity index (χ2v) is 7.87. The van der Waals surface area contributed by atoms with Crippen LogP contribution in [0.25, 0.3) is 0 Å². The van der Waals surface area contributed by atoms with Crippen molar-refractivity contribution in [1.29, 1.82) is 0 Å². The van der Waals surface area contributed by atoms with Crippen molar-refractivity contribution < 1.29 is 0 Å². The monoisotopic (exact) mass is 345 g/mol. The van der Waals surface area contributed by atoms with Gasteiger partial charge in [0.05, 0.1) is 0 Å². The molecule has 0 amide bonds. The van der Waals surface area contributed by atoms with E-state index in [1.165, 1.54) is 120 Å². The van der Waals surface area contributed by atoms with Gasteiger partial charge < -0.3 is 0 Å². The molecule has 0 saturated carbocycles. The van der Waals surface area contributed by atoms with Crippen LogP contribution < -0.4 is 0 Å². The summed E-state index contributed by atoms with van der Waals surface area (Å²) in [4.78, 5) is 4.93. The van der Waals surface area contributed by atoms with E-state index in [-0.39, 0.29) is 0 Å². The first-order valence-corrected chi connectivity index (χ1v) is 11.2. The fraction of sp³-hybridized carbons (Fsp3) is 0.792. The molecule has 0 aliphatic heterocycles. The van der Waals surface area contributed by atoms with Crippen molar-refractivity contribution in [2.24, 2.45) is 0 Å². The third-order valence-electron chi connectivity index (χ3n) is 5.15. The second kappa shape index (κ2) is 15.4. The highest BCUT2D eigenvalue weighted by Gasteiger charge is 2.02. The quantitative estimate of drug-likeness (QED) is 0.277. The van der Waals surface area contributed by atoms with Gasteiger partial charge >= 0.3 is 0 Å². The Morgan fingerprint density at radius 1 is 0.560 bits per heavy atom.